The fourth-order valence-electron chi connectivity index (χ4n) is 3.15. The molecule has 1 rings (SSSR count). The van der Waals surface area contributed by atoms with Gasteiger partial charge in [-0.15, -0.1) is 0 Å². The molecule has 0 aromatic heterocycles. The van der Waals surface area contributed by atoms with E-state index in [0.29, 0.717) is 12.8 Å². The van der Waals surface area contributed by atoms with Crippen LogP contribution in [0.2, 0.25) is 0 Å². The molecule has 0 radical (unpaired) electrons. The molecule has 0 bridgehead atoms. The van der Waals surface area contributed by atoms with Crippen LogP contribution in [0.25, 0.3) is 0 Å². The van der Waals surface area contributed by atoms with E-state index in [9.17, 15) is 18.0 Å². The number of carbonyl (C=O) groups is 1. The number of carbonyl (C=O) groups excluding carboxylic acids is 1. The fraction of sp³-hybridized carbons (Fsp3) is 0.682. The molecule has 1 aromatic rings. The minimum atomic E-state index is -4.56. The van der Waals surface area contributed by atoms with E-state index in [1.165, 1.54) is 56.7 Å². The molecular formula is C22H33F3O2. The van der Waals surface area contributed by atoms with Gasteiger partial charge in [-0.1, -0.05) is 77.3 Å². The molecule has 154 valence electrons. The van der Waals surface area contributed by atoms with Gasteiger partial charge >= 0.3 is 12.1 Å². The number of ether oxygens (including phenoxy) is 1. The summed E-state index contributed by atoms with van der Waals surface area (Å²) >= 11 is 0. The fourth-order valence-corrected chi connectivity index (χ4v) is 3.15. The maximum atomic E-state index is 13.0. The summed E-state index contributed by atoms with van der Waals surface area (Å²) in [6.07, 6.45) is 7.23. The number of hydrogen-bond acceptors (Lipinski definition) is 2. The maximum Gasteiger partial charge on any atom is 0.417 e. The first kappa shape index (κ1) is 23.5. The van der Waals surface area contributed by atoms with Crippen molar-refractivity contribution in [1.82, 2.24) is 0 Å². The highest BCUT2D eigenvalue weighted by atomic mass is 19.4. The molecule has 0 spiro atoms. The lowest BCUT2D eigenvalue weighted by molar-refractivity contribution is -0.138. The Morgan fingerprint density at radius 3 is 2.04 bits per heavy atom. The number of halogens is 3. The van der Waals surface area contributed by atoms with Gasteiger partial charge in [-0.25, -0.2) is 4.79 Å². The van der Waals surface area contributed by atoms with E-state index in [1.807, 2.05) is 6.92 Å². The van der Waals surface area contributed by atoms with Crippen molar-refractivity contribution in [2.45, 2.75) is 96.8 Å². The molecule has 0 N–H and O–H groups in total. The Kier molecular flexibility index (Phi) is 11.1. The van der Waals surface area contributed by atoms with Crippen LogP contribution in [0, 0.1) is 0 Å². The van der Waals surface area contributed by atoms with E-state index in [0.717, 1.165) is 25.3 Å². The van der Waals surface area contributed by atoms with Crippen molar-refractivity contribution in [2.24, 2.45) is 0 Å². The molecule has 1 atom stereocenters. The van der Waals surface area contributed by atoms with E-state index in [1.54, 1.807) is 0 Å². The summed E-state index contributed by atoms with van der Waals surface area (Å²) < 4.78 is 44.5. The summed E-state index contributed by atoms with van der Waals surface area (Å²) in [7, 11) is 0. The van der Waals surface area contributed by atoms with Crippen LogP contribution in [0.1, 0.15) is 100 Å². The van der Waals surface area contributed by atoms with Crippen LogP contribution in [0.5, 0.6) is 0 Å². The van der Waals surface area contributed by atoms with E-state index in [2.05, 4.69) is 6.92 Å². The lowest BCUT2D eigenvalue weighted by atomic mass is 10.0. The summed E-state index contributed by atoms with van der Waals surface area (Å²) in [5.41, 5.74) is -1.34. The first-order valence-corrected chi connectivity index (χ1v) is 10.3. The molecule has 0 aliphatic rings. The van der Waals surface area contributed by atoms with Crippen molar-refractivity contribution >= 4 is 5.97 Å². The maximum absolute atomic E-state index is 13.0. The van der Waals surface area contributed by atoms with Crippen molar-refractivity contribution in [1.29, 1.82) is 0 Å². The number of benzene rings is 1. The average Bonchev–Trinajstić information content (AvgIpc) is 2.64. The highest BCUT2D eigenvalue weighted by molar-refractivity contribution is 5.91. The van der Waals surface area contributed by atoms with Crippen molar-refractivity contribution in [3.63, 3.8) is 0 Å². The van der Waals surface area contributed by atoms with Gasteiger partial charge < -0.3 is 4.74 Å². The van der Waals surface area contributed by atoms with Crippen molar-refractivity contribution in [3.05, 3.63) is 35.4 Å². The number of hydrogen-bond donors (Lipinski definition) is 0. The number of esters is 1. The Balaban J connectivity index is 2.36. The Morgan fingerprint density at radius 2 is 1.48 bits per heavy atom. The molecule has 2 nitrogen and oxygen atoms in total. The highest BCUT2D eigenvalue weighted by Crippen LogP contribution is 2.32. The van der Waals surface area contributed by atoms with Crippen molar-refractivity contribution in [3.8, 4) is 0 Å². The summed E-state index contributed by atoms with van der Waals surface area (Å²) in [6, 6.07) is 4.79. The zero-order chi connectivity index (χ0) is 20.1. The molecule has 0 aliphatic carbocycles. The Hall–Kier alpha value is -1.52. The van der Waals surface area contributed by atoms with Crippen LogP contribution >= 0.6 is 0 Å². The molecule has 5 heteroatoms. The van der Waals surface area contributed by atoms with Crippen molar-refractivity contribution < 1.29 is 22.7 Å². The Bertz CT molecular complexity index is 541. The standard InChI is InChI=1S/C22H33F3O2/c1-3-5-6-7-8-9-10-11-12-15-18(4-2)27-21(26)19-16-13-14-17-20(19)22(23,24)25/h13-14,16-18H,3-12,15H2,1-2H3. The summed E-state index contributed by atoms with van der Waals surface area (Å²) in [6.45, 7) is 4.10. The lowest BCUT2D eigenvalue weighted by Gasteiger charge is -2.18. The van der Waals surface area contributed by atoms with E-state index >= 15 is 0 Å². The third-order valence-electron chi connectivity index (χ3n) is 4.81. The second-order valence-corrected chi connectivity index (χ2v) is 7.10. The number of unbranched alkanes of at least 4 members (excludes halogenated alkanes) is 8. The van der Waals surface area contributed by atoms with Gasteiger partial charge in [0, 0.05) is 0 Å². The molecule has 0 heterocycles. The smallest absolute Gasteiger partial charge is 0.417 e. The zero-order valence-electron chi connectivity index (χ0n) is 16.6. The molecular weight excluding hydrogens is 353 g/mol. The predicted molar refractivity (Wildman–Crippen MR) is 103 cm³/mol. The van der Waals surface area contributed by atoms with Gasteiger partial charge in [0.15, 0.2) is 0 Å². The SMILES string of the molecule is CCCCCCCCCCCC(CC)OC(=O)c1ccccc1C(F)(F)F. The van der Waals surface area contributed by atoms with Gasteiger partial charge in [-0.05, 0) is 31.4 Å². The van der Waals surface area contributed by atoms with E-state index < -0.39 is 23.3 Å². The molecule has 0 fully saturated rings. The molecule has 1 aromatic carbocycles. The Morgan fingerprint density at radius 1 is 0.926 bits per heavy atom. The molecule has 0 amide bonds. The van der Waals surface area contributed by atoms with Gasteiger partial charge in [0.1, 0.15) is 6.10 Å². The van der Waals surface area contributed by atoms with Crippen LogP contribution in [-0.2, 0) is 10.9 Å². The van der Waals surface area contributed by atoms with Gasteiger partial charge in [0.05, 0.1) is 11.1 Å². The topological polar surface area (TPSA) is 26.3 Å². The summed E-state index contributed by atoms with van der Waals surface area (Å²) in [5.74, 6) is -0.884. The largest absolute Gasteiger partial charge is 0.459 e. The van der Waals surface area contributed by atoms with Crippen molar-refractivity contribution in [2.75, 3.05) is 0 Å². The Labute approximate surface area is 161 Å². The summed E-state index contributed by atoms with van der Waals surface area (Å²) in [5, 5.41) is 0. The third kappa shape index (κ3) is 9.30. The second kappa shape index (κ2) is 12.8. The quantitative estimate of drug-likeness (QED) is 0.258. The zero-order valence-corrected chi connectivity index (χ0v) is 16.6. The van der Waals surface area contributed by atoms with Crippen LogP contribution in [0.3, 0.4) is 0 Å². The number of rotatable bonds is 13. The highest BCUT2D eigenvalue weighted by Gasteiger charge is 2.35. The minimum absolute atomic E-state index is 0.330. The lowest BCUT2D eigenvalue weighted by Crippen LogP contribution is -2.21. The van der Waals surface area contributed by atoms with E-state index in [-0.39, 0.29) is 6.10 Å². The normalized spacial score (nSPS) is 12.8. The molecule has 1 unspecified atom stereocenters. The van der Waals surface area contributed by atoms with Crippen LogP contribution < -0.4 is 0 Å². The van der Waals surface area contributed by atoms with Gasteiger partial charge in [-0.2, -0.15) is 13.2 Å². The average molecular weight is 386 g/mol. The van der Waals surface area contributed by atoms with Gasteiger partial charge in [0.2, 0.25) is 0 Å². The molecule has 0 saturated heterocycles. The molecule has 0 aliphatic heterocycles. The first-order valence-electron chi connectivity index (χ1n) is 10.3. The predicted octanol–water partition coefficient (Wildman–Crippen LogP) is 7.56. The van der Waals surface area contributed by atoms with E-state index in [4.69, 9.17) is 4.74 Å². The number of alkyl halides is 3. The molecule has 0 saturated carbocycles. The molecule has 27 heavy (non-hydrogen) atoms. The monoisotopic (exact) mass is 386 g/mol. The van der Waals surface area contributed by atoms with Crippen LogP contribution in [0.4, 0.5) is 13.2 Å². The first-order chi connectivity index (χ1) is 12.9. The van der Waals surface area contributed by atoms with Gasteiger partial charge in [-0.3, -0.25) is 0 Å². The summed E-state index contributed by atoms with van der Waals surface area (Å²) in [4.78, 5) is 12.2. The minimum Gasteiger partial charge on any atom is -0.459 e. The second-order valence-electron chi connectivity index (χ2n) is 7.10. The van der Waals surface area contributed by atoms with Crippen LogP contribution in [0.15, 0.2) is 24.3 Å². The van der Waals surface area contributed by atoms with Gasteiger partial charge in [0.25, 0.3) is 0 Å². The third-order valence-corrected chi connectivity index (χ3v) is 4.81. The van der Waals surface area contributed by atoms with Crippen LogP contribution in [-0.4, -0.2) is 12.1 Å².